The van der Waals surface area contributed by atoms with Gasteiger partial charge in [0.25, 0.3) is 0 Å². The Morgan fingerprint density at radius 1 is 0.959 bits per heavy atom. The van der Waals surface area contributed by atoms with Gasteiger partial charge in [-0.3, -0.25) is 24.1 Å². The number of amides is 4. The fourth-order valence-corrected chi connectivity index (χ4v) is 9.42. The van der Waals surface area contributed by atoms with Crippen LogP contribution in [0, 0.1) is 34.9 Å². The van der Waals surface area contributed by atoms with E-state index >= 15 is 0 Å². The number of imide groups is 2. The summed E-state index contributed by atoms with van der Waals surface area (Å²) in [6.07, 6.45) is 2.10. The van der Waals surface area contributed by atoms with Crippen molar-refractivity contribution in [3.63, 3.8) is 0 Å². The monoisotopic (exact) mass is 814 g/mol. The molecule has 0 bridgehead atoms. The molecule has 0 spiro atoms. The molecular weight excluding hydrogens is 789 g/mol. The molecule has 6 unspecified atom stereocenters. The number of carbonyl (C=O) groups excluding carboxylic acids is 4. The summed E-state index contributed by atoms with van der Waals surface area (Å²) in [6.45, 7) is 1.69. The maximum absolute atomic E-state index is 14.7. The van der Waals surface area contributed by atoms with Crippen LogP contribution in [0.4, 0.5) is 15.8 Å². The number of benzene rings is 3. The van der Waals surface area contributed by atoms with Crippen molar-refractivity contribution in [3.8, 4) is 11.5 Å². The van der Waals surface area contributed by atoms with E-state index in [0.29, 0.717) is 15.6 Å². The van der Waals surface area contributed by atoms with E-state index in [4.69, 9.17) is 16.3 Å². The van der Waals surface area contributed by atoms with Crippen LogP contribution >= 0.6 is 43.5 Å². The molecule has 49 heavy (non-hydrogen) atoms. The number of anilines is 2. The average Bonchev–Trinajstić information content (AvgIpc) is 3.45. The quantitative estimate of drug-likeness (QED) is 0.189. The zero-order valence-electron chi connectivity index (χ0n) is 25.9. The third kappa shape index (κ3) is 4.85. The fourth-order valence-electron chi connectivity index (χ4n) is 8.29. The number of rotatable bonds is 5. The molecule has 2 heterocycles. The molecule has 7 rings (SSSR count). The van der Waals surface area contributed by atoms with Crippen LogP contribution in [0.2, 0.25) is 5.02 Å². The lowest BCUT2D eigenvalue weighted by atomic mass is 9.51. The van der Waals surface area contributed by atoms with Crippen LogP contribution in [0.1, 0.15) is 31.2 Å². The number of hydrogen-bond acceptors (Lipinski definition) is 8. The lowest BCUT2D eigenvalue weighted by Crippen LogP contribution is -2.49. The first-order valence-corrected chi connectivity index (χ1v) is 17.3. The van der Waals surface area contributed by atoms with Gasteiger partial charge in [-0.1, -0.05) is 35.4 Å². The van der Waals surface area contributed by atoms with E-state index in [-0.39, 0.29) is 50.7 Å². The number of fused-ring (bicyclic) bond motifs is 4. The highest BCUT2D eigenvalue weighted by Crippen LogP contribution is 2.65. The Morgan fingerprint density at radius 2 is 1.67 bits per heavy atom. The van der Waals surface area contributed by atoms with Gasteiger partial charge in [0.05, 0.1) is 51.1 Å². The number of phenolic OH excluding ortho intramolecular Hbond substituents is 1. The number of methoxy groups -OCH3 is 1. The highest BCUT2D eigenvalue weighted by molar-refractivity contribution is 9.13. The normalized spacial score (nSPS) is 27.6. The minimum Gasteiger partial charge on any atom is -0.503 e. The minimum absolute atomic E-state index is 0.0618. The number of hydrogen-bond donors (Lipinski definition) is 3. The van der Waals surface area contributed by atoms with Crippen LogP contribution < -0.4 is 20.0 Å². The summed E-state index contributed by atoms with van der Waals surface area (Å²) in [4.78, 5) is 59.4. The highest BCUT2D eigenvalue weighted by Gasteiger charge is 2.68. The number of ether oxygens (including phenoxy) is 1. The predicted molar refractivity (Wildman–Crippen MR) is 185 cm³/mol. The Balaban J connectivity index is 1.40. The first kappa shape index (κ1) is 33.9. The zero-order chi connectivity index (χ0) is 35.3. The van der Waals surface area contributed by atoms with Crippen LogP contribution in [0.3, 0.4) is 0 Å². The summed E-state index contributed by atoms with van der Waals surface area (Å²) in [5.41, 5.74) is 0.139. The maximum atomic E-state index is 14.7. The van der Waals surface area contributed by atoms with E-state index in [0.717, 1.165) is 15.9 Å². The van der Waals surface area contributed by atoms with Gasteiger partial charge >= 0.3 is 7.12 Å². The van der Waals surface area contributed by atoms with E-state index in [1.807, 2.05) is 6.08 Å². The van der Waals surface area contributed by atoms with E-state index in [1.165, 1.54) is 43.5 Å². The molecule has 3 aromatic rings. The molecule has 252 valence electrons. The minimum atomic E-state index is -1.81. The summed E-state index contributed by atoms with van der Waals surface area (Å²) in [5, 5.41) is 30.0. The average molecular weight is 817 g/mol. The van der Waals surface area contributed by atoms with Crippen molar-refractivity contribution in [1.29, 1.82) is 0 Å². The summed E-state index contributed by atoms with van der Waals surface area (Å²) < 4.78 is 20.3. The number of allylic oxidation sites excluding steroid dienone is 2. The molecule has 3 aromatic carbocycles. The van der Waals surface area contributed by atoms with Gasteiger partial charge in [-0.15, -0.1) is 0 Å². The molecule has 2 aliphatic heterocycles. The number of carbonyl (C=O) groups is 4. The van der Waals surface area contributed by atoms with Gasteiger partial charge in [-0.05, 0) is 105 Å². The topological polar surface area (TPSA) is 145 Å². The maximum Gasteiger partial charge on any atom is 0.488 e. The van der Waals surface area contributed by atoms with Crippen molar-refractivity contribution in [2.24, 2.45) is 29.1 Å². The summed E-state index contributed by atoms with van der Waals surface area (Å²) >= 11 is 13.1. The predicted octanol–water partition coefficient (Wildman–Crippen LogP) is 4.83. The molecule has 1 saturated carbocycles. The second kappa shape index (κ2) is 12.0. The van der Waals surface area contributed by atoms with E-state index in [9.17, 15) is 38.7 Å². The molecule has 4 amide bonds. The van der Waals surface area contributed by atoms with Crippen molar-refractivity contribution in [2.45, 2.75) is 25.7 Å². The van der Waals surface area contributed by atoms with Crippen molar-refractivity contribution in [1.82, 2.24) is 0 Å². The Hall–Kier alpha value is -3.56. The van der Waals surface area contributed by atoms with Gasteiger partial charge in [0.2, 0.25) is 23.6 Å². The standard InChI is InChI=1S/C34H27BBr2ClFN2O8/c1-34-21(31(44)41(33(34)46)16-6-9-23(39)22(38)11-16)12-19-17(26(34)20-13-24(49-2)29(42)28(37)27(20)36)7-8-18-25(19)32(45)40(30(18)43)15-5-3-4-14(10-15)35(47)48/h3-7,9-11,13,18-19,21,25-26,42,47-48H,8,12H2,1-2H3. The lowest BCUT2D eigenvalue weighted by molar-refractivity contribution is -0.131. The molecule has 2 saturated heterocycles. The lowest BCUT2D eigenvalue weighted by Gasteiger charge is -2.49. The van der Waals surface area contributed by atoms with Gasteiger partial charge in [0.1, 0.15) is 5.82 Å². The van der Waals surface area contributed by atoms with Gasteiger partial charge < -0.3 is 19.9 Å². The van der Waals surface area contributed by atoms with Crippen molar-refractivity contribution in [2.75, 3.05) is 16.9 Å². The van der Waals surface area contributed by atoms with Crippen LogP contribution in [-0.2, 0) is 19.2 Å². The number of phenols is 1. The van der Waals surface area contributed by atoms with Gasteiger partial charge in [-0.25, -0.2) is 9.29 Å². The number of aromatic hydroxyl groups is 1. The molecular formula is C34H27BBr2ClFN2O8. The summed E-state index contributed by atoms with van der Waals surface area (Å²) in [6, 6.07) is 11.1. The molecule has 2 aliphatic carbocycles. The van der Waals surface area contributed by atoms with Gasteiger partial charge in [-0.2, -0.15) is 0 Å². The summed E-state index contributed by atoms with van der Waals surface area (Å²) in [5.74, 6) is -7.01. The number of halogens is 4. The molecule has 6 atom stereocenters. The third-order valence-electron chi connectivity index (χ3n) is 10.6. The molecule has 3 fully saturated rings. The van der Waals surface area contributed by atoms with E-state index in [1.54, 1.807) is 13.0 Å². The molecule has 0 radical (unpaired) electrons. The van der Waals surface area contributed by atoms with Crippen molar-refractivity contribution >= 4 is 91.0 Å². The third-order valence-corrected chi connectivity index (χ3v) is 13.0. The van der Waals surface area contributed by atoms with Crippen LogP contribution in [-0.4, -0.2) is 53.0 Å². The first-order chi connectivity index (χ1) is 23.2. The molecule has 3 N–H and O–H groups in total. The summed E-state index contributed by atoms with van der Waals surface area (Å²) in [7, 11) is -0.436. The van der Waals surface area contributed by atoms with E-state index in [2.05, 4.69) is 31.9 Å². The SMILES string of the molecule is COc1cc(C2C3=CCC4C(=O)N(c5cccc(B(O)O)c5)C(=O)C4C3CC3C(=O)N(c4ccc(F)c(Cl)c4)C(=O)C32C)c(Br)c(Br)c1O. The smallest absolute Gasteiger partial charge is 0.488 e. The molecule has 4 aliphatic rings. The Kier molecular flexibility index (Phi) is 8.34. The van der Waals surface area contributed by atoms with Crippen LogP contribution in [0.25, 0.3) is 0 Å². The number of nitrogens with zero attached hydrogens (tertiary/aromatic N) is 2. The van der Waals surface area contributed by atoms with Crippen LogP contribution in [0.5, 0.6) is 11.5 Å². The largest absolute Gasteiger partial charge is 0.503 e. The van der Waals surface area contributed by atoms with Crippen molar-refractivity contribution in [3.05, 3.63) is 85.5 Å². The Bertz CT molecular complexity index is 2030. The molecule has 15 heteroatoms. The fraction of sp³-hybridized carbons (Fsp3) is 0.294. The van der Waals surface area contributed by atoms with Gasteiger partial charge in [0.15, 0.2) is 11.5 Å². The first-order valence-electron chi connectivity index (χ1n) is 15.3. The second-order valence-corrected chi connectivity index (χ2v) is 14.9. The highest BCUT2D eigenvalue weighted by atomic mass is 79.9. The Labute approximate surface area is 301 Å². The van der Waals surface area contributed by atoms with Crippen LogP contribution in [0.15, 0.2) is 69.1 Å². The second-order valence-electron chi connectivity index (χ2n) is 12.9. The van der Waals surface area contributed by atoms with Crippen molar-refractivity contribution < 1.29 is 43.5 Å². The van der Waals surface area contributed by atoms with E-state index < -0.39 is 71.6 Å². The molecule has 0 aromatic heterocycles. The zero-order valence-corrected chi connectivity index (χ0v) is 29.8. The van der Waals surface area contributed by atoms with Gasteiger partial charge in [0, 0.05) is 10.4 Å². The molecule has 10 nitrogen and oxygen atoms in total. The Morgan fingerprint density at radius 3 is 2.35 bits per heavy atom.